The molecule has 2 aromatic heterocycles. The van der Waals surface area contributed by atoms with E-state index in [2.05, 4.69) is 15.1 Å². The van der Waals surface area contributed by atoms with Crippen molar-refractivity contribution in [3.05, 3.63) is 35.3 Å². The number of methoxy groups -OCH3 is 1. The first kappa shape index (κ1) is 11.9. The van der Waals surface area contributed by atoms with E-state index in [0.29, 0.717) is 11.7 Å². The van der Waals surface area contributed by atoms with Crippen LogP contribution in [-0.2, 0) is 0 Å². The van der Waals surface area contributed by atoms with Crippen LogP contribution in [-0.4, -0.2) is 22.2 Å². The van der Waals surface area contributed by atoms with Crippen molar-refractivity contribution in [2.45, 2.75) is 6.92 Å². The molecule has 0 saturated carbocycles. The monoisotopic (exact) mass is 273 g/mol. The van der Waals surface area contributed by atoms with Crippen molar-refractivity contribution in [2.75, 3.05) is 7.11 Å². The number of aromatic nitrogens is 3. The molecule has 0 fully saturated rings. The fraction of sp³-hybridized carbons (Fsp3) is 0.154. The zero-order valence-electron chi connectivity index (χ0n) is 10.5. The van der Waals surface area contributed by atoms with Gasteiger partial charge in [0.1, 0.15) is 5.75 Å². The topological polar surface area (TPSA) is 61.0 Å². The molecule has 19 heavy (non-hydrogen) atoms. The summed E-state index contributed by atoms with van der Waals surface area (Å²) in [6.07, 6.45) is 0. The minimum Gasteiger partial charge on any atom is -0.497 e. The van der Waals surface area contributed by atoms with E-state index in [-0.39, 0.29) is 0 Å². The second-order valence-electron chi connectivity index (χ2n) is 3.95. The number of ether oxygens (including phenoxy) is 1. The third-order valence-corrected chi connectivity index (χ3v) is 3.53. The van der Waals surface area contributed by atoms with E-state index >= 15 is 0 Å². The Hall–Kier alpha value is -2.21. The summed E-state index contributed by atoms with van der Waals surface area (Å²) in [6.45, 7) is 1.93. The molecule has 0 bridgehead atoms. The Balaban J connectivity index is 1.91. The number of hydrogen-bond donors (Lipinski definition) is 0. The van der Waals surface area contributed by atoms with Crippen molar-refractivity contribution < 1.29 is 9.26 Å². The summed E-state index contributed by atoms with van der Waals surface area (Å²) in [7, 11) is 1.63. The second kappa shape index (κ2) is 4.81. The van der Waals surface area contributed by atoms with Crippen molar-refractivity contribution in [3.8, 4) is 28.0 Å². The number of nitrogens with zero attached hydrogens (tertiary/aromatic N) is 3. The Morgan fingerprint density at radius 3 is 2.58 bits per heavy atom. The molecule has 3 aromatic rings. The molecule has 0 spiro atoms. The van der Waals surface area contributed by atoms with E-state index in [4.69, 9.17) is 9.26 Å². The van der Waals surface area contributed by atoms with Crippen molar-refractivity contribution in [2.24, 2.45) is 0 Å². The summed E-state index contributed by atoms with van der Waals surface area (Å²) < 4.78 is 10.4. The first-order chi connectivity index (χ1) is 9.26. The van der Waals surface area contributed by atoms with Crippen LogP contribution in [0.5, 0.6) is 5.75 Å². The maximum Gasteiger partial charge on any atom is 0.258 e. The van der Waals surface area contributed by atoms with Gasteiger partial charge in [-0.2, -0.15) is 4.98 Å². The SMILES string of the molecule is COc1ccc(-c2nc(-c3nc(C)cs3)no2)cc1. The van der Waals surface area contributed by atoms with Gasteiger partial charge in [-0.05, 0) is 31.2 Å². The van der Waals surface area contributed by atoms with Crippen molar-refractivity contribution in [1.29, 1.82) is 0 Å². The van der Waals surface area contributed by atoms with E-state index < -0.39 is 0 Å². The molecular formula is C13H11N3O2S. The molecule has 0 aliphatic carbocycles. The van der Waals surface area contributed by atoms with Gasteiger partial charge in [0.2, 0.25) is 5.82 Å². The molecule has 2 heterocycles. The summed E-state index contributed by atoms with van der Waals surface area (Å²) in [5.41, 5.74) is 1.81. The first-order valence-corrected chi connectivity index (χ1v) is 6.55. The Morgan fingerprint density at radius 2 is 1.95 bits per heavy atom. The van der Waals surface area contributed by atoms with Crippen LogP contribution in [0.2, 0.25) is 0 Å². The molecule has 5 nitrogen and oxygen atoms in total. The highest BCUT2D eigenvalue weighted by Crippen LogP contribution is 2.25. The summed E-state index contributed by atoms with van der Waals surface area (Å²) in [5.74, 6) is 1.79. The second-order valence-corrected chi connectivity index (χ2v) is 4.80. The van der Waals surface area contributed by atoms with Crippen LogP contribution in [0.1, 0.15) is 5.69 Å². The predicted molar refractivity (Wildman–Crippen MR) is 72.1 cm³/mol. The van der Waals surface area contributed by atoms with E-state index in [1.54, 1.807) is 7.11 Å². The normalized spacial score (nSPS) is 10.6. The lowest BCUT2D eigenvalue weighted by Crippen LogP contribution is -1.83. The lowest BCUT2D eigenvalue weighted by molar-refractivity contribution is 0.414. The van der Waals surface area contributed by atoms with E-state index in [1.807, 2.05) is 36.6 Å². The van der Waals surface area contributed by atoms with E-state index in [9.17, 15) is 0 Å². The van der Waals surface area contributed by atoms with Gasteiger partial charge in [-0.3, -0.25) is 0 Å². The highest BCUT2D eigenvalue weighted by Gasteiger charge is 2.13. The first-order valence-electron chi connectivity index (χ1n) is 5.67. The number of rotatable bonds is 3. The summed E-state index contributed by atoms with van der Waals surface area (Å²) >= 11 is 1.50. The Kier molecular flexibility index (Phi) is 3.00. The van der Waals surface area contributed by atoms with Crippen LogP contribution < -0.4 is 4.74 Å². The fourth-order valence-electron chi connectivity index (χ4n) is 1.62. The molecule has 3 rings (SSSR count). The maximum absolute atomic E-state index is 5.25. The standard InChI is InChI=1S/C13H11N3O2S/c1-8-7-19-13(14-8)11-15-12(18-16-11)9-3-5-10(17-2)6-4-9/h3-7H,1-2H3. The molecule has 6 heteroatoms. The molecule has 0 amide bonds. The largest absolute Gasteiger partial charge is 0.497 e. The van der Waals surface area contributed by atoms with E-state index in [0.717, 1.165) is 22.0 Å². The highest BCUT2D eigenvalue weighted by molar-refractivity contribution is 7.13. The molecule has 96 valence electrons. The van der Waals surface area contributed by atoms with Crippen molar-refractivity contribution in [1.82, 2.24) is 15.1 Å². The Morgan fingerprint density at radius 1 is 1.16 bits per heavy atom. The van der Waals surface area contributed by atoms with Gasteiger partial charge in [-0.1, -0.05) is 5.16 Å². The fourth-order valence-corrected chi connectivity index (χ4v) is 2.34. The summed E-state index contributed by atoms with van der Waals surface area (Å²) in [4.78, 5) is 8.68. The third kappa shape index (κ3) is 2.34. The Labute approximate surface area is 113 Å². The van der Waals surface area contributed by atoms with Gasteiger partial charge >= 0.3 is 0 Å². The number of aryl methyl sites for hydroxylation is 1. The summed E-state index contributed by atoms with van der Waals surface area (Å²) in [6, 6.07) is 7.46. The minimum atomic E-state index is 0.477. The molecule has 0 radical (unpaired) electrons. The van der Waals surface area contributed by atoms with Crippen LogP contribution >= 0.6 is 11.3 Å². The molecule has 1 aromatic carbocycles. The van der Waals surface area contributed by atoms with E-state index in [1.165, 1.54) is 11.3 Å². The van der Waals surface area contributed by atoms with Gasteiger partial charge in [0, 0.05) is 16.6 Å². The zero-order chi connectivity index (χ0) is 13.2. The molecule has 0 unspecified atom stereocenters. The van der Waals surface area contributed by atoms with Crippen molar-refractivity contribution in [3.63, 3.8) is 0 Å². The molecule has 0 atom stereocenters. The summed E-state index contributed by atoms with van der Waals surface area (Å²) in [5, 5.41) is 6.67. The maximum atomic E-state index is 5.25. The van der Waals surface area contributed by atoms with Gasteiger partial charge in [0.05, 0.1) is 7.11 Å². The van der Waals surface area contributed by atoms with Gasteiger partial charge in [-0.15, -0.1) is 11.3 Å². The lowest BCUT2D eigenvalue weighted by atomic mass is 10.2. The lowest BCUT2D eigenvalue weighted by Gasteiger charge is -1.98. The van der Waals surface area contributed by atoms with Gasteiger partial charge in [0.15, 0.2) is 5.01 Å². The van der Waals surface area contributed by atoms with Gasteiger partial charge < -0.3 is 9.26 Å². The van der Waals surface area contributed by atoms with Gasteiger partial charge in [0.25, 0.3) is 5.89 Å². The van der Waals surface area contributed by atoms with Crippen LogP contribution in [0.4, 0.5) is 0 Å². The van der Waals surface area contributed by atoms with Crippen molar-refractivity contribution >= 4 is 11.3 Å². The van der Waals surface area contributed by atoms with Crippen LogP contribution in [0.15, 0.2) is 34.2 Å². The Bertz CT molecular complexity index is 688. The zero-order valence-corrected chi connectivity index (χ0v) is 11.3. The number of hydrogen-bond acceptors (Lipinski definition) is 6. The molecule has 0 N–H and O–H groups in total. The quantitative estimate of drug-likeness (QED) is 0.733. The smallest absolute Gasteiger partial charge is 0.258 e. The molecule has 0 aliphatic rings. The highest BCUT2D eigenvalue weighted by atomic mass is 32.1. The average molecular weight is 273 g/mol. The molecule has 0 saturated heterocycles. The number of thiazole rings is 1. The van der Waals surface area contributed by atoms with Gasteiger partial charge in [-0.25, -0.2) is 4.98 Å². The molecular weight excluding hydrogens is 262 g/mol. The van der Waals surface area contributed by atoms with Crippen LogP contribution in [0.3, 0.4) is 0 Å². The third-order valence-electron chi connectivity index (χ3n) is 2.57. The predicted octanol–water partition coefficient (Wildman–Crippen LogP) is 3.18. The average Bonchev–Trinajstić information content (AvgIpc) is 3.07. The number of benzene rings is 1. The van der Waals surface area contributed by atoms with Crippen LogP contribution in [0.25, 0.3) is 22.3 Å². The minimum absolute atomic E-state index is 0.477. The molecule has 0 aliphatic heterocycles. The van der Waals surface area contributed by atoms with Crippen LogP contribution in [0, 0.1) is 6.92 Å².